The van der Waals surface area contributed by atoms with E-state index >= 15 is 0 Å². The molecule has 5 rings (SSSR count). The van der Waals surface area contributed by atoms with Gasteiger partial charge in [0.05, 0.1) is 10.0 Å². The van der Waals surface area contributed by atoms with Crippen LogP contribution in [-0.4, -0.2) is 45.9 Å². The topological polar surface area (TPSA) is 68.4 Å². The van der Waals surface area contributed by atoms with Crippen LogP contribution in [0, 0.1) is 13.8 Å². The van der Waals surface area contributed by atoms with Crippen molar-refractivity contribution < 1.29 is 9.59 Å². The summed E-state index contributed by atoms with van der Waals surface area (Å²) in [6.07, 6.45) is 4.47. The van der Waals surface area contributed by atoms with E-state index in [0.717, 1.165) is 51.7 Å². The molecule has 0 radical (unpaired) electrons. The number of carbonyl (C=O) groups excluding carboxylic acids is 2. The summed E-state index contributed by atoms with van der Waals surface area (Å²) in [5.41, 5.74) is 5.88. The number of aromatic nitrogens is 1. The van der Waals surface area contributed by atoms with E-state index < -0.39 is 0 Å². The molecule has 39 heavy (non-hydrogen) atoms. The van der Waals surface area contributed by atoms with Gasteiger partial charge in [-0.25, -0.2) is 4.79 Å². The zero-order valence-corrected chi connectivity index (χ0v) is 23.6. The number of aromatic amines is 1. The summed E-state index contributed by atoms with van der Waals surface area (Å²) < 4.78 is 0. The lowest BCUT2D eigenvalue weighted by atomic mass is 10.1. The van der Waals surface area contributed by atoms with Crippen LogP contribution in [-0.2, 0) is 17.8 Å². The molecule has 3 amide bonds. The molecule has 4 aromatic rings. The van der Waals surface area contributed by atoms with Crippen molar-refractivity contribution in [3.63, 3.8) is 0 Å². The number of para-hydroxylation sites is 2. The number of H-pyrrole nitrogens is 1. The fourth-order valence-corrected chi connectivity index (χ4v) is 5.25. The number of nitrogens with one attached hydrogen (secondary N) is 2. The quantitative estimate of drug-likeness (QED) is 0.224. The van der Waals surface area contributed by atoms with Crippen LogP contribution in [0.3, 0.4) is 0 Å². The Labute approximate surface area is 238 Å². The fourth-order valence-electron chi connectivity index (χ4n) is 4.93. The minimum Gasteiger partial charge on any atom is -0.361 e. The monoisotopic (exact) mass is 562 g/mol. The van der Waals surface area contributed by atoms with Crippen molar-refractivity contribution in [3.8, 4) is 0 Å². The number of urea groups is 1. The number of benzene rings is 3. The molecule has 0 saturated heterocycles. The second kappa shape index (κ2) is 11.7. The largest absolute Gasteiger partial charge is 0.361 e. The van der Waals surface area contributed by atoms with E-state index in [1.54, 1.807) is 17.0 Å². The molecule has 0 spiro atoms. The van der Waals surface area contributed by atoms with E-state index in [4.69, 9.17) is 23.2 Å². The van der Waals surface area contributed by atoms with Crippen molar-refractivity contribution in [2.75, 3.05) is 18.4 Å². The maximum atomic E-state index is 13.8. The number of nitrogens with zero attached hydrogens (tertiary/aromatic N) is 2. The first kappa shape index (κ1) is 27.1. The highest BCUT2D eigenvalue weighted by Gasteiger charge is 2.35. The van der Waals surface area contributed by atoms with Crippen molar-refractivity contribution in [1.82, 2.24) is 14.8 Å². The molecule has 1 aliphatic rings. The molecule has 0 atom stereocenters. The van der Waals surface area contributed by atoms with Gasteiger partial charge in [-0.3, -0.25) is 4.79 Å². The van der Waals surface area contributed by atoms with Gasteiger partial charge in [-0.15, -0.1) is 0 Å². The fraction of sp³-hybridized carbons (Fsp3) is 0.290. The van der Waals surface area contributed by atoms with Gasteiger partial charge in [-0.2, -0.15) is 0 Å². The number of hydrogen-bond acceptors (Lipinski definition) is 2. The van der Waals surface area contributed by atoms with Gasteiger partial charge in [-0.1, -0.05) is 65.7 Å². The Balaban J connectivity index is 1.35. The maximum Gasteiger partial charge on any atom is 0.322 e. The number of fused-ring (bicyclic) bond motifs is 1. The van der Waals surface area contributed by atoms with E-state index in [2.05, 4.69) is 16.4 Å². The zero-order chi connectivity index (χ0) is 27.5. The number of amides is 3. The lowest BCUT2D eigenvalue weighted by molar-refractivity contribution is -0.132. The molecule has 8 heteroatoms. The van der Waals surface area contributed by atoms with Gasteiger partial charge in [0.15, 0.2) is 0 Å². The van der Waals surface area contributed by atoms with Crippen molar-refractivity contribution in [1.29, 1.82) is 0 Å². The third-order valence-electron chi connectivity index (χ3n) is 7.30. The molecular formula is C31H32Cl2N4O2. The van der Waals surface area contributed by atoms with Gasteiger partial charge in [-0.05, 0) is 73.6 Å². The van der Waals surface area contributed by atoms with Crippen LogP contribution >= 0.6 is 23.2 Å². The molecular weight excluding hydrogens is 531 g/mol. The SMILES string of the molecule is Cc1cccc(C)c1NC(=O)N(CC(=O)N(CCc1c[nH]c2ccccc12)Cc1ccc(Cl)c(Cl)c1)C1CC1. The van der Waals surface area contributed by atoms with Crippen molar-refractivity contribution in [2.45, 2.75) is 45.7 Å². The normalized spacial score (nSPS) is 12.9. The Hall–Kier alpha value is -3.48. The Morgan fingerprint density at radius 1 is 0.974 bits per heavy atom. The zero-order valence-electron chi connectivity index (χ0n) is 22.1. The first-order valence-corrected chi connectivity index (χ1v) is 14.0. The van der Waals surface area contributed by atoms with Crippen LogP contribution in [0.25, 0.3) is 10.9 Å². The predicted molar refractivity (Wildman–Crippen MR) is 159 cm³/mol. The highest BCUT2D eigenvalue weighted by Crippen LogP contribution is 2.29. The van der Waals surface area contributed by atoms with Crippen LogP contribution in [0.1, 0.15) is 35.1 Å². The van der Waals surface area contributed by atoms with Crippen molar-refractivity contribution >= 4 is 51.7 Å². The highest BCUT2D eigenvalue weighted by atomic mass is 35.5. The predicted octanol–water partition coefficient (Wildman–Crippen LogP) is 7.36. The summed E-state index contributed by atoms with van der Waals surface area (Å²) >= 11 is 12.4. The Morgan fingerprint density at radius 2 is 1.72 bits per heavy atom. The van der Waals surface area contributed by atoms with Gasteiger partial charge < -0.3 is 20.1 Å². The van der Waals surface area contributed by atoms with Gasteiger partial charge >= 0.3 is 6.03 Å². The molecule has 0 bridgehead atoms. The van der Waals surface area contributed by atoms with Crippen LogP contribution in [0.5, 0.6) is 0 Å². The van der Waals surface area contributed by atoms with Crippen LogP contribution < -0.4 is 5.32 Å². The van der Waals surface area contributed by atoms with E-state index in [1.807, 2.05) is 67.4 Å². The first-order chi connectivity index (χ1) is 18.8. The minimum absolute atomic E-state index is 0.0106. The summed E-state index contributed by atoms with van der Waals surface area (Å²) in [5, 5.41) is 5.13. The Kier molecular flexibility index (Phi) is 8.15. The summed E-state index contributed by atoms with van der Waals surface area (Å²) in [4.78, 5) is 34.0. The van der Waals surface area contributed by atoms with Crippen LogP contribution in [0.15, 0.2) is 66.9 Å². The number of rotatable bonds is 9. The van der Waals surface area contributed by atoms with E-state index in [1.165, 1.54) is 0 Å². The Morgan fingerprint density at radius 3 is 2.44 bits per heavy atom. The standard InChI is InChI=1S/C31H32Cl2N4O2/c1-20-6-5-7-21(2)30(20)35-31(39)37(24-11-12-24)19-29(38)36(18-22-10-13-26(32)27(33)16-22)15-14-23-17-34-28-9-4-3-8-25(23)28/h3-10,13,16-17,24,34H,11-12,14-15,18-19H2,1-2H3,(H,35,39). The third kappa shape index (κ3) is 6.40. The van der Waals surface area contributed by atoms with E-state index in [-0.39, 0.29) is 24.5 Å². The number of hydrogen-bond donors (Lipinski definition) is 2. The van der Waals surface area contributed by atoms with Gasteiger partial charge in [0.25, 0.3) is 0 Å². The number of carbonyl (C=O) groups is 2. The molecule has 2 N–H and O–H groups in total. The second-order valence-corrected chi connectivity index (χ2v) is 11.0. The van der Waals surface area contributed by atoms with E-state index in [9.17, 15) is 9.59 Å². The lowest BCUT2D eigenvalue weighted by Crippen LogP contribution is -2.46. The van der Waals surface area contributed by atoms with Crippen LogP contribution in [0.4, 0.5) is 10.5 Å². The molecule has 1 aromatic heterocycles. The third-order valence-corrected chi connectivity index (χ3v) is 8.04. The van der Waals surface area contributed by atoms with Crippen molar-refractivity contribution in [3.05, 3.63) is 99.2 Å². The summed E-state index contributed by atoms with van der Waals surface area (Å²) in [7, 11) is 0. The number of aryl methyl sites for hydroxylation is 2. The average Bonchev–Trinajstić information content (AvgIpc) is 3.68. The lowest BCUT2D eigenvalue weighted by Gasteiger charge is -2.28. The summed E-state index contributed by atoms with van der Waals surface area (Å²) in [6, 6.07) is 19.3. The first-order valence-electron chi connectivity index (χ1n) is 13.2. The molecule has 202 valence electrons. The molecule has 3 aromatic carbocycles. The number of halogens is 2. The van der Waals surface area contributed by atoms with Gasteiger partial charge in [0.1, 0.15) is 6.54 Å². The minimum atomic E-state index is -0.241. The molecule has 1 aliphatic carbocycles. The molecule has 1 fully saturated rings. The molecule has 0 aliphatic heterocycles. The summed E-state index contributed by atoms with van der Waals surface area (Å²) in [5.74, 6) is -0.107. The smallest absolute Gasteiger partial charge is 0.322 e. The average molecular weight is 564 g/mol. The maximum absolute atomic E-state index is 13.8. The molecule has 1 heterocycles. The Bertz CT molecular complexity index is 1490. The molecule has 6 nitrogen and oxygen atoms in total. The van der Waals surface area contributed by atoms with E-state index in [0.29, 0.717) is 29.6 Å². The van der Waals surface area contributed by atoms with Gasteiger partial charge in [0.2, 0.25) is 5.91 Å². The molecule has 1 saturated carbocycles. The van der Waals surface area contributed by atoms with Gasteiger partial charge in [0, 0.05) is 41.9 Å². The summed E-state index contributed by atoms with van der Waals surface area (Å²) in [6.45, 7) is 4.82. The molecule has 0 unspecified atom stereocenters. The number of anilines is 1. The highest BCUT2D eigenvalue weighted by molar-refractivity contribution is 6.42. The van der Waals surface area contributed by atoms with Crippen LogP contribution in [0.2, 0.25) is 10.0 Å². The second-order valence-electron chi connectivity index (χ2n) is 10.2. The van der Waals surface area contributed by atoms with Crippen molar-refractivity contribution in [2.24, 2.45) is 0 Å².